The predicted molar refractivity (Wildman–Crippen MR) is 110 cm³/mol. The van der Waals surface area contributed by atoms with Crippen molar-refractivity contribution in [3.8, 4) is 0 Å². The van der Waals surface area contributed by atoms with Gasteiger partial charge >= 0.3 is 0 Å². The number of nitrogens with zero attached hydrogens (tertiary/aromatic N) is 2. The normalized spacial score (nSPS) is 13.2. The molecule has 1 unspecified atom stereocenters. The maximum atomic E-state index is 13.3. The topological polar surface area (TPSA) is 54.9 Å². The van der Waals surface area contributed by atoms with Gasteiger partial charge in [-0.1, -0.05) is 42.5 Å². The Kier molecular flexibility index (Phi) is 4.69. The molecule has 0 saturated carbocycles. The smallest absolute Gasteiger partial charge is 0.235 e. The van der Waals surface area contributed by atoms with Crippen molar-refractivity contribution in [2.45, 2.75) is 18.8 Å². The molecule has 27 heavy (non-hydrogen) atoms. The number of amides is 1. The molecule has 0 spiro atoms. The molecule has 2 aromatic carbocycles. The van der Waals surface area contributed by atoms with Gasteiger partial charge in [-0.15, -0.1) is 11.3 Å². The van der Waals surface area contributed by atoms with Crippen LogP contribution in [0.15, 0.2) is 79.1 Å². The Morgan fingerprint density at radius 1 is 1.00 bits per heavy atom. The van der Waals surface area contributed by atoms with Gasteiger partial charge in [-0.25, -0.2) is 4.98 Å². The molecule has 4 rings (SSSR count). The number of hydrogen-bond acceptors (Lipinski definition) is 4. The van der Waals surface area contributed by atoms with Crippen LogP contribution in [0.3, 0.4) is 0 Å². The molecule has 5 heteroatoms. The van der Waals surface area contributed by atoms with Gasteiger partial charge in [-0.2, -0.15) is 0 Å². The number of rotatable bonds is 5. The lowest BCUT2D eigenvalue weighted by Crippen LogP contribution is -2.39. The van der Waals surface area contributed by atoms with E-state index < -0.39 is 5.41 Å². The summed E-state index contributed by atoms with van der Waals surface area (Å²) in [5.41, 5.74) is 1.94. The van der Waals surface area contributed by atoms with Gasteiger partial charge < -0.3 is 5.32 Å². The molecular formula is C22H19N3OS. The van der Waals surface area contributed by atoms with Crippen LogP contribution in [0.1, 0.15) is 17.5 Å². The standard InChI is InChI=1S/C22H19N3OS/c1-22(16-7-3-2-4-8-16,21(26)24-17-11-13-23-14-12-17)15-20-25-18-9-5-6-10-19(18)27-20/h2-14H,15H2,1H3,(H,23,24,26). The van der Waals surface area contributed by atoms with E-state index in [1.807, 2.05) is 55.5 Å². The quantitative estimate of drug-likeness (QED) is 0.545. The van der Waals surface area contributed by atoms with Crippen molar-refractivity contribution in [3.63, 3.8) is 0 Å². The van der Waals surface area contributed by atoms with E-state index in [0.717, 1.165) is 26.5 Å². The van der Waals surface area contributed by atoms with E-state index in [-0.39, 0.29) is 5.91 Å². The van der Waals surface area contributed by atoms with Gasteiger partial charge in [0.25, 0.3) is 0 Å². The lowest BCUT2D eigenvalue weighted by molar-refractivity contribution is -0.121. The maximum Gasteiger partial charge on any atom is 0.235 e. The number of carbonyl (C=O) groups is 1. The molecule has 0 aliphatic rings. The van der Waals surface area contributed by atoms with Crippen LogP contribution in [0.2, 0.25) is 0 Å². The molecule has 0 fully saturated rings. The first-order chi connectivity index (χ1) is 13.1. The Bertz CT molecular complexity index is 1030. The van der Waals surface area contributed by atoms with E-state index >= 15 is 0 Å². The van der Waals surface area contributed by atoms with E-state index in [1.54, 1.807) is 35.9 Å². The number of anilines is 1. The van der Waals surface area contributed by atoms with Gasteiger partial charge in [0.15, 0.2) is 0 Å². The first kappa shape index (κ1) is 17.4. The van der Waals surface area contributed by atoms with Crippen LogP contribution in [0.4, 0.5) is 5.69 Å². The molecule has 2 heterocycles. The van der Waals surface area contributed by atoms with Gasteiger partial charge in [-0.3, -0.25) is 9.78 Å². The molecule has 4 nitrogen and oxygen atoms in total. The number of nitrogens with one attached hydrogen (secondary N) is 1. The molecule has 0 bridgehead atoms. The van der Waals surface area contributed by atoms with Crippen LogP contribution in [0, 0.1) is 0 Å². The summed E-state index contributed by atoms with van der Waals surface area (Å²) < 4.78 is 1.14. The van der Waals surface area contributed by atoms with Crippen molar-refractivity contribution in [3.05, 3.63) is 89.7 Å². The average molecular weight is 373 g/mol. The third kappa shape index (κ3) is 3.59. The zero-order chi connectivity index (χ0) is 18.7. The second-order valence-corrected chi connectivity index (χ2v) is 7.76. The number of fused-ring (bicyclic) bond motifs is 1. The molecule has 0 aliphatic heterocycles. The number of pyridine rings is 1. The van der Waals surface area contributed by atoms with Gasteiger partial charge in [0.1, 0.15) is 0 Å². The number of aromatic nitrogens is 2. The number of para-hydroxylation sites is 1. The first-order valence-electron chi connectivity index (χ1n) is 8.77. The Morgan fingerprint density at radius 2 is 1.70 bits per heavy atom. The Labute approximate surface area is 161 Å². The summed E-state index contributed by atoms with van der Waals surface area (Å²) in [4.78, 5) is 22.0. The van der Waals surface area contributed by atoms with Crippen LogP contribution in [-0.4, -0.2) is 15.9 Å². The fourth-order valence-corrected chi connectivity index (χ4v) is 4.25. The molecule has 1 N–H and O–H groups in total. The number of thiazole rings is 1. The Morgan fingerprint density at radius 3 is 2.44 bits per heavy atom. The molecule has 2 aromatic heterocycles. The molecule has 0 saturated heterocycles. The van der Waals surface area contributed by atoms with Crippen LogP contribution >= 0.6 is 11.3 Å². The summed E-state index contributed by atoms with van der Waals surface area (Å²) in [5, 5.41) is 3.98. The minimum atomic E-state index is -0.738. The number of benzene rings is 2. The van der Waals surface area contributed by atoms with E-state index in [4.69, 9.17) is 4.98 Å². The van der Waals surface area contributed by atoms with E-state index in [2.05, 4.69) is 16.4 Å². The third-order valence-electron chi connectivity index (χ3n) is 4.69. The molecular weight excluding hydrogens is 354 g/mol. The summed E-state index contributed by atoms with van der Waals surface area (Å²) >= 11 is 1.64. The number of carbonyl (C=O) groups excluding carboxylic acids is 1. The highest BCUT2D eigenvalue weighted by Crippen LogP contribution is 2.33. The largest absolute Gasteiger partial charge is 0.325 e. The highest BCUT2D eigenvalue weighted by molar-refractivity contribution is 7.18. The van der Waals surface area contributed by atoms with Crippen molar-refractivity contribution in [1.82, 2.24) is 9.97 Å². The van der Waals surface area contributed by atoms with Gasteiger partial charge in [0.05, 0.1) is 20.6 Å². The molecule has 0 aliphatic carbocycles. The second-order valence-electron chi connectivity index (χ2n) is 6.64. The zero-order valence-corrected chi connectivity index (χ0v) is 15.7. The minimum absolute atomic E-state index is 0.0563. The van der Waals surface area contributed by atoms with Crippen LogP contribution in [0.5, 0.6) is 0 Å². The average Bonchev–Trinajstić information content (AvgIpc) is 3.11. The van der Waals surface area contributed by atoms with Gasteiger partial charge in [0.2, 0.25) is 5.91 Å². The molecule has 4 aromatic rings. The van der Waals surface area contributed by atoms with E-state index in [1.165, 1.54) is 0 Å². The lowest BCUT2D eigenvalue weighted by Gasteiger charge is -2.28. The molecule has 1 amide bonds. The summed E-state index contributed by atoms with van der Waals surface area (Å²) in [6.07, 6.45) is 3.87. The maximum absolute atomic E-state index is 13.3. The van der Waals surface area contributed by atoms with Crippen molar-refractivity contribution < 1.29 is 4.79 Å². The highest BCUT2D eigenvalue weighted by atomic mass is 32.1. The summed E-state index contributed by atoms with van der Waals surface area (Å²) in [6.45, 7) is 1.98. The lowest BCUT2D eigenvalue weighted by atomic mass is 9.78. The van der Waals surface area contributed by atoms with E-state index in [0.29, 0.717) is 6.42 Å². The van der Waals surface area contributed by atoms with Crippen LogP contribution in [0.25, 0.3) is 10.2 Å². The second kappa shape index (κ2) is 7.29. The number of hydrogen-bond donors (Lipinski definition) is 1. The van der Waals surface area contributed by atoms with Crippen LogP contribution < -0.4 is 5.32 Å². The SMILES string of the molecule is CC(Cc1nc2ccccc2s1)(C(=O)Nc1ccncc1)c1ccccc1. The molecule has 1 atom stereocenters. The highest BCUT2D eigenvalue weighted by Gasteiger charge is 2.36. The molecule has 134 valence electrons. The predicted octanol–water partition coefficient (Wildman–Crippen LogP) is 4.83. The van der Waals surface area contributed by atoms with Gasteiger partial charge in [0, 0.05) is 24.5 Å². The molecule has 0 radical (unpaired) electrons. The van der Waals surface area contributed by atoms with Gasteiger partial charge in [-0.05, 0) is 36.8 Å². The third-order valence-corrected chi connectivity index (χ3v) is 5.73. The summed E-state index contributed by atoms with van der Waals surface area (Å²) in [7, 11) is 0. The summed E-state index contributed by atoms with van der Waals surface area (Å²) in [5.74, 6) is -0.0563. The van der Waals surface area contributed by atoms with E-state index in [9.17, 15) is 4.79 Å². The summed E-state index contributed by atoms with van der Waals surface area (Å²) in [6, 6.07) is 21.5. The van der Waals surface area contributed by atoms with Crippen molar-refractivity contribution in [2.24, 2.45) is 0 Å². The van der Waals surface area contributed by atoms with Crippen molar-refractivity contribution >= 4 is 33.1 Å². The zero-order valence-electron chi connectivity index (χ0n) is 14.9. The monoisotopic (exact) mass is 373 g/mol. The first-order valence-corrected chi connectivity index (χ1v) is 9.58. The Hall–Kier alpha value is -3.05. The fraction of sp³-hybridized carbons (Fsp3) is 0.136. The minimum Gasteiger partial charge on any atom is -0.325 e. The van der Waals surface area contributed by atoms with Crippen LogP contribution in [-0.2, 0) is 16.6 Å². The van der Waals surface area contributed by atoms with Crippen molar-refractivity contribution in [1.29, 1.82) is 0 Å². The van der Waals surface area contributed by atoms with Crippen molar-refractivity contribution in [2.75, 3.05) is 5.32 Å². The fourth-order valence-electron chi connectivity index (χ4n) is 3.12. The Balaban J connectivity index is 1.70.